The van der Waals surface area contributed by atoms with Crippen LogP contribution in [0.25, 0.3) is 0 Å². The van der Waals surface area contributed by atoms with E-state index in [9.17, 15) is 17.6 Å². The fraction of sp³-hybridized carbons (Fsp3) is 0.389. The summed E-state index contributed by atoms with van der Waals surface area (Å²) in [5.74, 6) is -0.665. The van der Waals surface area contributed by atoms with E-state index in [-0.39, 0.29) is 27.6 Å². The van der Waals surface area contributed by atoms with Gasteiger partial charge in [-0.3, -0.25) is 10.1 Å². The Morgan fingerprint density at radius 3 is 2.62 bits per heavy atom. The summed E-state index contributed by atoms with van der Waals surface area (Å²) in [5, 5.41) is 5.57. The fourth-order valence-corrected chi connectivity index (χ4v) is 4.67. The Hall–Kier alpha value is -2.37. The third kappa shape index (κ3) is 5.37. The topological polar surface area (TPSA) is 107 Å². The lowest BCUT2D eigenvalue weighted by molar-refractivity contribution is -0.110. The van der Waals surface area contributed by atoms with E-state index < -0.39 is 27.0 Å². The zero-order chi connectivity index (χ0) is 21.0. The van der Waals surface area contributed by atoms with Crippen LogP contribution in [0.2, 0.25) is 0 Å². The predicted molar refractivity (Wildman–Crippen MR) is 106 cm³/mol. The number of nitrogens with one attached hydrogen (secondary N) is 1. The third-order valence-electron chi connectivity index (χ3n) is 4.06. The number of thiazole rings is 1. The van der Waals surface area contributed by atoms with Crippen molar-refractivity contribution in [2.45, 2.75) is 36.0 Å². The molecule has 0 spiro atoms. The van der Waals surface area contributed by atoms with Crippen LogP contribution in [-0.4, -0.2) is 50.1 Å². The quantitative estimate of drug-likeness (QED) is 0.474. The minimum absolute atomic E-state index is 0.0677. The maximum Gasteiger partial charge on any atom is 0.280 e. The van der Waals surface area contributed by atoms with Gasteiger partial charge in [0.25, 0.3) is 5.91 Å². The van der Waals surface area contributed by atoms with E-state index >= 15 is 0 Å². The molecule has 2 aromatic rings. The monoisotopic (exact) mass is 441 g/mol. The number of oxime groups is 1. The summed E-state index contributed by atoms with van der Waals surface area (Å²) in [6.45, 7) is 1.97. The van der Waals surface area contributed by atoms with Crippen molar-refractivity contribution in [2.75, 3.05) is 19.0 Å². The molecule has 11 heteroatoms. The summed E-state index contributed by atoms with van der Waals surface area (Å²) in [7, 11) is -1.84. The van der Waals surface area contributed by atoms with E-state index in [1.165, 1.54) is 31.4 Å². The molecule has 29 heavy (non-hydrogen) atoms. The summed E-state index contributed by atoms with van der Waals surface area (Å²) >= 11 is 0.672. The highest BCUT2D eigenvalue weighted by Crippen LogP contribution is 2.33. The molecule has 1 N–H and O–H groups in total. The summed E-state index contributed by atoms with van der Waals surface area (Å²) < 4.78 is 42.8. The van der Waals surface area contributed by atoms with Gasteiger partial charge in [0.15, 0.2) is 25.8 Å². The first-order valence-corrected chi connectivity index (χ1v) is 11.2. The standard InChI is InChI=1S/C18H20FN3O5S2/c1-11(10-26-2)27-22-16(17(23)21-18-20-9-15(19)28-18)12-3-5-13(6-4-12)29(24,25)14-7-8-14/h3-6,9,11,14H,7-8,10H2,1-2H3,(H,20,21,23)/t11-/m1/s1. The molecule has 0 bridgehead atoms. The van der Waals surface area contributed by atoms with Gasteiger partial charge in [0.2, 0.25) is 0 Å². The average Bonchev–Trinajstić information content (AvgIpc) is 3.46. The van der Waals surface area contributed by atoms with Crippen LogP contribution in [0.3, 0.4) is 0 Å². The van der Waals surface area contributed by atoms with Gasteiger partial charge in [-0.15, -0.1) is 0 Å². The van der Waals surface area contributed by atoms with Gasteiger partial charge in [-0.1, -0.05) is 28.6 Å². The van der Waals surface area contributed by atoms with Crippen LogP contribution in [-0.2, 0) is 24.2 Å². The number of hydrogen-bond donors (Lipinski definition) is 1. The van der Waals surface area contributed by atoms with E-state index in [0.29, 0.717) is 29.7 Å². The third-order valence-corrected chi connectivity index (χ3v) is 7.04. The van der Waals surface area contributed by atoms with Gasteiger partial charge in [0.05, 0.1) is 22.9 Å². The molecule has 1 aromatic carbocycles. The number of hydrogen-bond acceptors (Lipinski definition) is 8. The zero-order valence-corrected chi connectivity index (χ0v) is 17.4. The van der Waals surface area contributed by atoms with Gasteiger partial charge in [-0.05, 0) is 31.9 Å². The molecule has 1 aliphatic rings. The Morgan fingerprint density at radius 1 is 1.38 bits per heavy atom. The van der Waals surface area contributed by atoms with Crippen LogP contribution in [0.5, 0.6) is 0 Å². The highest BCUT2D eigenvalue weighted by atomic mass is 32.2. The normalized spacial score (nSPS) is 15.8. The number of benzene rings is 1. The Morgan fingerprint density at radius 2 is 2.07 bits per heavy atom. The minimum Gasteiger partial charge on any atom is -0.390 e. The Bertz CT molecular complexity index is 1000. The molecule has 0 saturated heterocycles. The van der Waals surface area contributed by atoms with Crippen molar-refractivity contribution in [3.63, 3.8) is 0 Å². The Kier molecular flexibility index (Phi) is 6.60. The molecule has 1 amide bonds. The lowest BCUT2D eigenvalue weighted by Crippen LogP contribution is -2.25. The van der Waals surface area contributed by atoms with Crippen LogP contribution in [0.1, 0.15) is 25.3 Å². The number of amides is 1. The van der Waals surface area contributed by atoms with Gasteiger partial charge in [0, 0.05) is 12.7 Å². The number of nitrogens with zero attached hydrogens (tertiary/aromatic N) is 2. The highest BCUT2D eigenvalue weighted by Gasteiger charge is 2.36. The molecule has 1 heterocycles. The van der Waals surface area contributed by atoms with Gasteiger partial charge >= 0.3 is 0 Å². The van der Waals surface area contributed by atoms with Crippen molar-refractivity contribution in [1.29, 1.82) is 0 Å². The number of carbonyl (C=O) groups excluding carboxylic acids is 1. The largest absolute Gasteiger partial charge is 0.390 e. The molecule has 3 rings (SSSR count). The average molecular weight is 442 g/mol. The van der Waals surface area contributed by atoms with Crippen molar-refractivity contribution in [1.82, 2.24) is 4.98 Å². The molecule has 0 radical (unpaired) electrons. The molecule has 0 aliphatic heterocycles. The molecule has 156 valence electrons. The smallest absolute Gasteiger partial charge is 0.280 e. The first-order chi connectivity index (χ1) is 13.8. The number of sulfone groups is 1. The van der Waals surface area contributed by atoms with Gasteiger partial charge in [-0.2, -0.15) is 4.39 Å². The van der Waals surface area contributed by atoms with E-state index in [4.69, 9.17) is 9.57 Å². The number of methoxy groups -OCH3 is 1. The number of aromatic nitrogens is 1. The molecular weight excluding hydrogens is 421 g/mol. The minimum atomic E-state index is -3.35. The maximum absolute atomic E-state index is 13.1. The van der Waals surface area contributed by atoms with E-state index in [2.05, 4.69) is 15.5 Å². The van der Waals surface area contributed by atoms with Crippen LogP contribution < -0.4 is 5.32 Å². The van der Waals surface area contributed by atoms with Crippen molar-refractivity contribution in [2.24, 2.45) is 5.16 Å². The zero-order valence-electron chi connectivity index (χ0n) is 15.8. The van der Waals surface area contributed by atoms with Crippen molar-refractivity contribution in [3.8, 4) is 0 Å². The van der Waals surface area contributed by atoms with Crippen molar-refractivity contribution >= 4 is 37.9 Å². The van der Waals surface area contributed by atoms with Gasteiger partial charge in [0.1, 0.15) is 6.10 Å². The molecular formula is C18H20FN3O5S2. The van der Waals surface area contributed by atoms with Crippen LogP contribution in [0, 0.1) is 5.13 Å². The highest BCUT2D eigenvalue weighted by molar-refractivity contribution is 7.92. The lowest BCUT2D eigenvalue weighted by atomic mass is 10.1. The van der Waals surface area contributed by atoms with E-state index in [0.717, 1.165) is 6.20 Å². The van der Waals surface area contributed by atoms with Crippen LogP contribution in [0.15, 0.2) is 40.5 Å². The second-order valence-corrected chi connectivity index (χ2v) is 9.71. The predicted octanol–water partition coefficient (Wildman–Crippen LogP) is 2.61. The lowest BCUT2D eigenvalue weighted by Gasteiger charge is -2.11. The summed E-state index contributed by atoms with van der Waals surface area (Å²) in [6, 6.07) is 5.85. The Labute approximate surface area is 171 Å². The van der Waals surface area contributed by atoms with Crippen LogP contribution in [0.4, 0.5) is 9.52 Å². The van der Waals surface area contributed by atoms with E-state index in [1.807, 2.05) is 0 Å². The molecule has 1 atom stereocenters. The van der Waals surface area contributed by atoms with Gasteiger partial charge < -0.3 is 9.57 Å². The first kappa shape index (κ1) is 21.3. The van der Waals surface area contributed by atoms with Crippen LogP contribution >= 0.6 is 11.3 Å². The number of rotatable bonds is 9. The molecule has 1 aromatic heterocycles. The summed E-state index contributed by atoms with van der Waals surface area (Å²) in [6.07, 6.45) is 1.89. The maximum atomic E-state index is 13.1. The molecule has 0 unspecified atom stereocenters. The van der Waals surface area contributed by atoms with E-state index in [1.54, 1.807) is 6.92 Å². The number of carbonyl (C=O) groups is 1. The molecule has 8 nitrogen and oxygen atoms in total. The molecule has 1 aliphatic carbocycles. The summed E-state index contributed by atoms with van der Waals surface area (Å²) in [4.78, 5) is 21.9. The molecule has 1 saturated carbocycles. The van der Waals surface area contributed by atoms with Crippen molar-refractivity contribution < 1.29 is 27.2 Å². The number of halogens is 1. The van der Waals surface area contributed by atoms with Crippen molar-refractivity contribution in [3.05, 3.63) is 41.2 Å². The second kappa shape index (κ2) is 8.97. The molecule has 1 fully saturated rings. The number of ether oxygens (including phenoxy) is 1. The number of anilines is 1. The SMILES string of the molecule is COC[C@@H](C)ON=C(C(=O)Nc1ncc(F)s1)c1ccc(S(=O)(=O)C2CC2)cc1. The second-order valence-electron chi connectivity index (χ2n) is 6.50. The Balaban J connectivity index is 1.85. The summed E-state index contributed by atoms with van der Waals surface area (Å²) in [5.41, 5.74) is 0.248. The van der Waals surface area contributed by atoms with Gasteiger partial charge in [-0.25, -0.2) is 13.4 Å². The first-order valence-electron chi connectivity index (χ1n) is 8.81. The fourth-order valence-electron chi connectivity index (χ4n) is 2.47.